The Kier molecular flexibility index (Phi) is 5.73. The van der Waals surface area contributed by atoms with Crippen LogP contribution in [0, 0.1) is 0 Å². The summed E-state index contributed by atoms with van der Waals surface area (Å²) >= 11 is 3.17. The molecule has 4 aromatic heterocycles. The van der Waals surface area contributed by atoms with Crippen molar-refractivity contribution >= 4 is 34.3 Å². The standard InChI is InChI=1S/C22H21N7O2S2/c1-26-14-23-19-17(26)20(30)28(22(31)27(19)2)11-7-13-33-21-25-24-18(16-10-6-12-32-16)29(21)15-8-4-3-5-9-15/h3-6,8-10,12,14H,7,11,13H2,1-2H3. The van der Waals surface area contributed by atoms with Gasteiger partial charge in [0, 0.05) is 32.1 Å². The minimum atomic E-state index is -0.358. The zero-order chi connectivity index (χ0) is 22.9. The minimum Gasteiger partial charge on any atom is -0.328 e. The van der Waals surface area contributed by atoms with Gasteiger partial charge in [-0.25, -0.2) is 9.78 Å². The molecule has 168 valence electrons. The van der Waals surface area contributed by atoms with Crippen molar-refractivity contribution in [2.75, 3.05) is 5.75 Å². The Morgan fingerprint density at radius 2 is 1.85 bits per heavy atom. The van der Waals surface area contributed by atoms with Gasteiger partial charge in [0.2, 0.25) is 0 Å². The highest BCUT2D eigenvalue weighted by Crippen LogP contribution is 2.30. The lowest BCUT2D eigenvalue weighted by Crippen LogP contribution is -2.39. The van der Waals surface area contributed by atoms with Gasteiger partial charge in [-0.15, -0.1) is 21.5 Å². The lowest BCUT2D eigenvalue weighted by atomic mass is 10.3. The van der Waals surface area contributed by atoms with Gasteiger partial charge in [0.25, 0.3) is 5.56 Å². The maximum absolute atomic E-state index is 12.9. The fourth-order valence-corrected chi connectivity index (χ4v) is 5.29. The second-order valence-corrected chi connectivity index (χ2v) is 9.49. The van der Waals surface area contributed by atoms with Crippen molar-refractivity contribution in [2.24, 2.45) is 14.1 Å². The van der Waals surface area contributed by atoms with Crippen molar-refractivity contribution in [1.82, 2.24) is 33.4 Å². The first-order valence-corrected chi connectivity index (χ1v) is 12.2. The summed E-state index contributed by atoms with van der Waals surface area (Å²) in [6.45, 7) is 0.316. The van der Waals surface area contributed by atoms with E-state index in [0.717, 1.165) is 21.5 Å². The lowest BCUT2D eigenvalue weighted by molar-refractivity contribution is 0.594. The molecule has 0 fully saturated rings. The normalized spacial score (nSPS) is 11.5. The van der Waals surface area contributed by atoms with E-state index in [0.29, 0.717) is 29.9 Å². The molecule has 0 aliphatic carbocycles. The van der Waals surface area contributed by atoms with Crippen LogP contribution in [0.15, 0.2) is 68.9 Å². The van der Waals surface area contributed by atoms with Crippen LogP contribution in [-0.2, 0) is 20.6 Å². The predicted molar refractivity (Wildman–Crippen MR) is 130 cm³/mol. The van der Waals surface area contributed by atoms with Gasteiger partial charge in [-0.1, -0.05) is 36.0 Å². The largest absolute Gasteiger partial charge is 0.332 e. The molecule has 5 aromatic rings. The van der Waals surface area contributed by atoms with Gasteiger partial charge < -0.3 is 4.57 Å². The van der Waals surface area contributed by atoms with Crippen molar-refractivity contribution in [3.8, 4) is 16.4 Å². The molecule has 0 bridgehead atoms. The molecule has 0 unspecified atom stereocenters. The maximum Gasteiger partial charge on any atom is 0.332 e. The Morgan fingerprint density at radius 1 is 1.03 bits per heavy atom. The van der Waals surface area contributed by atoms with Gasteiger partial charge in [0.05, 0.1) is 11.2 Å². The van der Waals surface area contributed by atoms with Crippen molar-refractivity contribution < 1.29 is 0 Å². The highest BCUT2D eigenvalue weighted by Gasteiger charge is 2.18. The van der Waals surface area contributed by atoms with Gasteiger partial charge >= 0.3 is 5.69 Å². The van der Waals surface area contributed by atoms with E-state index < -0.39 is 0 Å². The molecule has 9 nitrogen and oxygen atoms in total. The summed E-state index contributed by atoms with van der Waals surface area (Å²) in [5.74, 6) is 1.47. The van der Waals surface area contributed by atoms with Crippen LogP contribution >= 0.6 is 23.1 Å². The van der Waals surface area contributed by atoms with E-state index in [1.807, 2.05) is 52.4 Å². The van der Waals surface area contributed by atoms with Gasteiger partial charge in [0.1, 0.15) is 0 Å². The molecule has 0 aliphatic rings. The summed E-state index contributed by atoms with van der Waals surface area (Å²) in [7, 11) is 3.39. The third-order valence-corrected chi connectivity index (χ3v) is 7.23. The summed E-state index contributed by atoms with van der Waals surface area (Å²) < 4.78 is 6.40. The number of rotatable bonds is 7. The lowest BCUT2D eigenvalue weighted by Gasteiger charge is -2.10. The zero-order valence-corrected chi connectivity index (χ0v) is 19.7. The zero-order valence-electron chi connectivity index (χ0n) is 18.1. The first-order chi connectivity index (χ1) is 16.1. The Morgan fingerprint density at radius 3 is 2.61 bits per heavy atom. The third-order valence-electron chi connectivity index (χ3n) is 5.35. The highest BCUT2D eigenvalue weighted by molar-refractivity contribution is 7.99. The van der Waals surface area contributed by atoms with E-state index in [4.69, 9.17) is 0 Å². The van der Waals surface area contributed by atoms with Crippen molar-refractivity contribution in [2.45, 2.75) is 18.1 Å². The molecule has 33 heavy (non-hydrogen) atoms. The van der Waals surface area contributed by atoms with Crippen LogP contribution in [0.2, 0.25) is 0 Å². The summed E-state index contributed by atoms with van der Waals surface area (Å²) in [5.41, 5.74) is 1.14. The summed E-state index contributed by atoms with van der Waals surface area (Å²) in [4.78, 5) is 30.8. The fourth-order valence-electron chi connectivity index (χ4n) is 3.72. The van der Waals surface area contributed by atoms with E-state index in [2.05, 4.69) is 15.2 Å². The Bertz CT molecular complexity index is 1530. The number of thiophene rings is 1. The van der Waals surface area contributed by atoms with E-state index in [1.165, 1.54) is 9.13 Å². The molecule has 0 N–H and O–H groups in total. The number of imidazole rings is 1. The number of benzene rings is 1. The molecule has 4 heterocycles. The topological polar surface area (TPSA) is 92.5 Å². The number of hydrogen-bond donors (Lipinski definition) is 0. The molecule has 0 saturated heterocycles. The molecule has 11 heteroatoms. The van der Waals surface area contributed by atoms with Crippen LogP contribution in [0.25, 0.3) is 27.6 Å². The van der Waals surface area contributed by atoms with Crippen LogP contribution in [0.1, 0.15) is 6.42 Å². The fraction of sp³-hybridized carbons (Fsp3) is 0.227. The highest BCUT2D eigenvalue weighted by atomic mass is 32.2. The summed E-state index contributed by atoms with van der Waals surface area (Å²) in [6.07, 6.45) is 2.17. The smallest absolute Gasteiger partial charge is 0.328 e. The Labute approximate surface area is 197 Å². The van der Waals surface area contributed by atoms with Crippen LogP contribution < -0.4 is 11.2 Å². The third kappa shape index (κ3) is 3.83. The van der Waals surface area contributed by atoms with E-state index >= 15 is 0 Å². The number of aromatic nitrogens is 7. The Balaban J connectivity index is 1.38. The predicted octanol–water partition coefficient (Wildman–Crippen LogP) is 2.93. The van der Waals surface area contributed by atoms with E-state index in [-0.39, 0.29) is 11.2 Å². The summed E-state index contributed by atoms with van der Waals surface area (Å²) in [5, 5.41) is 11.6. The van der Waals surface area contributed by atoms with Crippen LogP contribution in [0.4, 0.5) is 0 Å². The second kappa shape index (κ2) is 8.83. The molecule has 0 saturated carbocycles. The first kappa shape index (κ1) is 21.4. The number of fused-ring (bicyclic) bond motifs is 1. The van der Waals surface area contributed by atoms with Gasteiger partial charge in [0.15, 0.2) is 22.1 Å². The van der Waals surface area contributed by atoms with Crippen molar-refractivity contribution in [3.63, 3.8) is 0 Å². The number of para-hydroxylation sites is 1. The molecule has 0 atom stereocenters. The van der Waals surface area contributed by atoms with E-state index in [1.54, 1.807) is 48.1 Å². The SMILES string of the molecule is Cn1cnc2c1c(=O)n(CCCSc1nnc(-c3cccs3)n1-c1ccccc1)c(=O)n2C. The number of hydrogen-bond acceptors (Lipinski definition) is 7. The molecule has 0 radical (unpaired) electrons. The maximum atomic E-state index is 12.9. The molecular weight excluding hydrogens is 458 g/mol. The van der Waals surface area contributed by atoms with Crippen molar-refractivity contribution in [1.29, 1.82) is 0 Å². The number of aryl methyl sites for hydroxylation is 2. The monoisotopic (exact) mass is 479 g/mol. The molecule has 5 rings (SSSR count). The average Bonchev–Trinajstić information content (AvgIpc) is 3.57. The van der Waals surface area contributed by atoms with Crippen LogP contribution in [-0.4, -0.2) is 39.2 Å². The van der Waals surface area contributed by atoms with Crippen molar-refractivity contribution in [3.05, 3.63) is 75.0 Å². The second-order valence-electron chi connectivity index (χ2n) is 7.48. The van der Waals surface area contributed by atoms with Gasteiger partial charge in [-0.2, -0.15) is 0 Å². The van der Waals surface area contributed by atoms with E-state index in [9.17, 15) is 9.59 Å². The minimum absolute atomic E-state index is 0.314. The Hall–Kier alpha value is -3.44. The quantitative estimate of drug-likeness (QED) is 0.263. The average molecular weight is 480 g/mol. The molecule has 1 aromatic carbocycles. The van der Waals surface area contributed by atoms with Crippen LogP contribution in [0.5, 0.6) is 0 Å². The summed E-state index contributed by atoms with van der Waals surface area (Å²) in [6, 6.07) is 14.0. The molecule has 0 aliphatic heterocycles. The van der Waals surface area contributed by atoms with Crippen LogP contribution in [0.3, 0.4) is 0 Å². The number of thioether (sulfide) groups is 1. The molecule has 0 amide bonds. The molecule has 0 spiro atoms. The molecular formula is C22H21N7O2S2. The van der Waals surface area contributed by atoms with Gasteiger partial charge in [-0.05, 0) is 30.0 Å². The van der Waals surface area contributed by atoms with Gasteiger partial charge in [-0.3, -0.25) is 18.5 Å². The first-order valence-electron chi connectivity index (χ1n) is 10.3. The number of nitrogens with zero attached hydrogens (tertiary/aromatic N) is 7.